The van der Waals surface area contributed by atoms with Crippen molar-refractivity contribution in [2.24, 2.45) is 5.92 Å². The van der Waals surface area contributed by atoms with Crippen LogP contribution in [-0.4, -0.2) is 37.8 Å². The van der Waals surface area contributed by atoms with Gasteiger partial charge in [-0.05, 0) is 28.5 Å². The molecule has 19 heavy (non-hydrogen) atoms. The Morgan fingerprint density at radius 1 is 1.42 bits per heavy atom. The number of hydrogen-bond donors (Lipinski definition) is 2. The number of nitrogens with one attached hydrogen (secondary N) is 1. The lowest BCUT2D eigenvalue weighted by molar-refractivity contribution is -0.137. The van der Waals surface area contributed by atoms with Crippen LogP contribution < -0.4 is 5.32 Å². The molecular weight excluding hydrogens is 246 g/mol. The number of nitrogens with zero attached hydrogens (tertiary/aromatic N) is 4. The molecule has 1 heterocycles. The summed E-state index contributed by atoms with van der Waals surface area (Å²) in [5.74, 6) is -0.307. The van der Waals surface area contributed by atoms with Crippen LogP contribution >= 0.6 is 0 Å². The predicted octanol–water partition coefficient (Wildman–Crippen LogP) is 1.19. The number of benzene rings is 1. The highest BCUT2D eigenvalue weighted by Crippen LogP contribution is 2.11. The third-order valence-electron chi connectivity index (χ3n) is 2.60. The van der Waals surface area contributed by atoms with Crippen molar-refractivity contribution in [1.82, 2.24) is 20.2 Å². The molecule has 1 aromatic carbocycles. The maximum atomic E-state index is 10.6. The quantitative estimate of drug-likeness (QED) is 0.811. The molecule has 0 aliphatic carbocycles. The van der Waals surface area contributed by atoms with Crippen LogP contribution in [-0.2, 0) is 4.79 Å². The van der Waals surface area contributed by atoms with E-state index in [2.05, 4.69) is 20.8 Å². The lowest BCUT2D eigenvalue weighted by Crippen LogP contribution is -2.17. The Kier molecular flexibility index (Phi) is 4.07. The molecule has 0 radical (unpaired) electrons. The standard InChI is InChI=1S/C12H15N5O2/c1-9(7-11(18)19)8-13-12-14-15-16-17(12)10-5-3-2-4-6-10/h2-6,9H,7-8H2,1H3,(H,18,19)(H,13,14,16). The van der Waals surface area contributed by atoms with Gasteiger partial charge in [0.2, 0.25) is 5.95 Å². The Balaban J connectivity index is 2.03. The molecule has 7 heteroatoms. The number of rotatable bonds is 6. The zero-order valence-electron chi connectivity index (χ0n) is 10.5. The van der Waals surface area contributed by atoms with Crippen molar-refractivity contribution in [3.05, 3.63) is 30.3 Å². The molecule has 0 saturated heterocycles. The Labute approximate surface area is 110 Å². The predicted molar refractivity (Wildman–Crippen MR) is 69.1 cm³/mol. The summed E-state index contributed by atoms with van der Waals surface area (Å²) in [4.78, 5) is 10.6. The van der Waals surface area contributed by atoms with Crippen molar-refractivity contribution in [3.8, 4) is 5.69 Å². The minimum absolute atomic E-state index is 0.00146. The fourth-order valence-corrected chi connectivity index (χ4v) is 1.68. The zero-order chi connectivity index (χ0) is 13.7. The number of hydrogen-bond acceptors (Lipinski definition) is 5. The summed E-state index contributed by atoms with van der Waals surface area (Å²) in [7, 11) is 0. The number of carbonyl (C=O) groups is 1. The van der Waals surface area contributed by atoms with Crippen molar-refractivity contribution in [3.63, 3.8) is 0 Å². The fraction of sp³-hybridized carbons (Fsp3) is 0.333. The first-order chi connectivity index (χ1) is 9.16. The van der Waals surface area contributed by atoms with Crippen LogP contribution in [0.4, 0.5) is 5.95 Å². The molecule has 0 aliphatic rings. The molecule has 1 unspecified atom stereocenters. The molecule has 0 fully saturated rings. The average molecular weight is 261 g/mol. The topological polar surface area (TPSA) is 92.9 Å². The number of tetrazole rings is 1. The van der Waals surface area contributed by atoms with Crippen LogP contribution in [0.15, 0.2) is 30.3 Å². The first kappa shape index (κ1) is 13.0. The second kappa shape index (κ2) is 5.94. The molecule has 2 N–H and O–H groups in total. The Bertz CT molecular complexity index is 540. The molecule has 0 amide bonds. The first-order valence-corrected chi connectivity index (χ1v) is 5.96. The second-order valence-electron chi connectivity index (χ2n) is 4.33. The summed E-state index contributed by atoms with van der Waals surface area (Å²) in [6.45, 7) is 2.36. The van der Waals surface area contributed by atoms with E-state index in [0.717, 1.165) is 5.69 Å². The molecule has 2 rings (SSSR count). The Morgan fingerprint density at radius 3 is 2.84 bits per heavy atom. The molecule has 1 aromatic heterocycles. The van der Waals surface area contributed by atoms with E-state index in [1.807, 2.05) is 37.3 Å². The van der Waals surface area contributed by atoms with Gasteiger partial charge in [0.1, 0.15) is 0 Å². The number of aliphatic carboxylic acids is 1. The minimum atomic E-state index is -0.808. The molecule has 2 aromatic rings. The van der Waals surface area contributed by atoms with Gasteiger partial charge in [-0.2, -0.15) is 4.68 Å². The third-order valence-corrected chi connectivity index (χ3v) is 2.60. The highest BCUT2D eigenvalue weighted by atomic mass is 16.4. The Morgan fingerprint density at radius 2 is 2.16 bits per heavy atom. The van der Waals surface area contributed by atoms with Gasteiger partial charge in [0.25, 0.3) is 0 Å². The largest absolute Gasteiger partial charge is 0.481 e. The summed E-state index contributed by atoms with van der Waals surface area (Å²) in [6.07, 6.45) is 0.111. The number of anilines is 1. The average Bonchev–Trinajstić information content (AvgIpc) is 2.85. The molecule has 0 saturated carbocycles. The van der Waals surface area contributed by atoms with Gasteiger partial charge in [0.15, 0.2) is 0 Å². The van der Waals surface area contributed by atoms with Crippen LogP contribution in [0.1, 0.15) is 13.3 Å². The molecule has 7 nitrogen and oxygen atoms in total. The van der Waals surface area contributed by atoms with Gasteiger partial charge in [0, 0.05) is 13.0 Å². The zero-order valence-corrected chi connectivity index (χ0v) is 10.5. The maximum absolute atomic E-state index is 10.6. The van der Waals surface area contributed by atoms with E-state index < -0.39 is 5.97 Å². The van der Waals surface area contributed by atoms with Gasteiger partial charge in [-0.15, -0.1) is 0 Å². The van der Waals surface area contributed by atoms with Gasteiger partial charge < -0.3 is 10.4 Å². The van der Waals surface area contributed by atoms with Gasteiger partial charge in [-0.25, -0.2) is 0 Å². The molecule has 0 bridgehead atoms. The van der Waals surface area contributed by atoms with E-state index in [-0.39, 0.29) is 12.3 Å². The number of para-hydroxylation sites is 1. The van der Waals surface area contributed by atoms with Gasteiger partial charge in [0.05, 0.1) is 5.69 Å². The van der Waals surface area contributed by atoms with Crippen molar-refractivity contribution < 1.29 is 9.90 Å². The first-order valence-electron chi connectivity index (χ1n) is 5.96. The van der Waals surface area contributed by atoms with E-state index in [1.54, 1.807) is 4.68 Å². The summed E-state index contributed by atoms with van der Waals surface area (Å²) in [5.41, 5.74) is 0.848. The summed E-state index contributed by atoms with van der Waals surface area (Å²) >= 11 is 0. The van der Waals surface area contributed by atoms with E-state index in [4.69, 9.17) is 5.11 Å². The minimum Gasteiger partial charge on any atom is -0.481 e. The van der Waals surface area contributed by atoms with E-state index in [0.29, 0.717) is 12.5 Å². The lowest BCUT2D eigenvalue weighted by Gasteiger charge is -2.10. The van der Waals surface area contributed by atoms with Crippen LogP contribution in [0.3, 0.4) is 0 Å². The van der Waals surface area contributed by atoms with Crippen LogP contribution in [0.25, 0.3) is 5.69 Å². The summed E-state index contributed by atoms with van der Waals surface area (Å²) < 4.78 is 1.58. The Hall–Kier alpha value is -2.44. The van der Waals surface area contributed by atoms with Crippen LogP contribution in [0, 0.1) is 5.92 Å². The highest BCUT2D eigenvalue weighted by Gasteiger charge is 2.11. The normalized spacial score (nSPS) is 12.1. The van der Waals surface area contributed by atoms with Gasteiger partial charge in [-0.3, -0.25) is 4.79 Å². The molecule has 100 valence electrons. The van der Waals surface area contributed by atoms with Gasteiger partial charge in [-0.1, -0.05) is 30.2 Å². The van der Waals surface area contributed by atoms with E-state index in [1.165, 1.54) is 0 Å². The third kappa shape index (κ3) is 3.51. The number of carboxylic acids is 1. The highest BCUT2D eigenvalue weighted by molar-refractivity contribution is 5.67. The number of aromatic nitrogens is 4. The summed E-state index contributed by atoms with van der Waals surface area (Å²) in [6, 6.07) is 9.49. The van der Waals surface area contributed by atoms with E-state index in [9.17, 15) is 4.79 Å². The monoisotopic (exact) mass is 261 g/mol. The van der Waals surface area contributed by atoms with Crippen LogP contribution in [0.2, 0.25) is 0 Å². The summed E-state index contributed by atoms with van der Waals surface area (Å²) in [5, 5.41) is 23.2. The van der Waals surface area contributed by atoms with Crippen LogP contribution in [0.5, 0.6) is 0 Å². The lowest BCUT2D eigenvalue weighted by atomic mass is 10.1. The fourth-order valence-electron chi connectivity index (χ4n) is 1.68. The maximum Gasteiger partial charge on any atom is 0.303 e. The van der Waals surface area contributed by atoms with Crippen molar-refractivity contribution in [2.45, 2.75) is 13.3 Å². The second-order valence-corrected chi connectivity index (χ2v) is 4.33. The van der Waals surface area contributed by atoms with Gasteiger partial charge >= 0.3 is 5.97 Å². The molecule has 0 spiro atoms. The smallest absolute Gasteiger partial charge is 0.303 e. The number of carboxylic acid groups (broad SMARTS) is 1. The van der Waals surface area contributed by atoms with Crippen molar-refractivity contribution in [1.29, 1.82) is 0 Å². The molecular formula is C12H15N5O2. The molecule has 0 aliphatic heterocycles. The van der Waals surface area contributed by atoms with Crippen molar-refractivity contribution >= 4 is 11.9 Å². The van der Waals surface area contributed by atoms with E-state index >= 15 is 0 Å². The molecule has 1 atom stereocenters. The SMILES string of the molecule is CC(CNc1nnnn1-c1ccccc1)CC(=O)O. The van der Waals surface area contributed by atoms with Crippen molar-refractivity contribution in [2.75, 3.05) is 11.9 Å².